The molecule has 0 aliphatic heterocycles. The molecular weight excluding hydrogens is 100 g/mol. The standard InChI is InChI=1S/ClH.2Mg.H2O/h1H;;;1H2/q;2*+2;. The van der Waals surface area contributed by atoms with E-state index in [0.717, 1.165) is 0 Å². The van der Waals surface area contributed by atoms with Gasteiger partial charge in [-0.2, -0.15) is 0 Å². The molecule has 2 N–H and O–H groups in total. The van der Waals surface area contributed by atoms with E-state index < -0.39 is 0 Å². The van der Waals surface area contributed by atoms with Gasteiger partial charge in [-0.25, -0.2) is 0 Å². The molecule has 4 heavy (non-hydrogen) atoms. The van der Waals surface area contributed by atoms with Crippen molar-refractivity contribution in [2.75, 3.05) is 0 Å². The first-order valence-electron chi connectivity index (χ1n) is 0. The normalized spacial score (nSPS) is 0. The van der Waals surface area contributed by atoms with E-state index in [1.54, 1.807) is 0 Å². The minimum Gasteiger partial charge on any atom is -0.412 e. The molecule has 0 aliphatic rings. The van der Waals surface area contributed by atoms with Gasteiger partial charge < -0.3 is 5.48 Å². The maximum atomic E-state index is 0. The molecule has 0 aromatic heterocycles. The van der Waals surface area contributed by atoms with Crippen LogP contribution >= 0.6 is 12.4 Å². The van der Waals surface area contributed by atoms with Crippen molar-refractivity contribution in [1.29, 1.82) is 0 Å². The zero-order chi connectivity index (χ0) is 0. The van der Waals surface area contributed by atoms with Gasteiger partial charge in [0.2, 0.25) is 0 Å². The number of hydrogen-bond acceptors (Lipinski definition) is 0. The Bertz CT molecular complexity index is 6.00. The summed E-state index contributed by atoms with van der Waals surface area (Å²) in [4.78, 5) is 0. The van der Waals surface area contributed by atoms with E-state index in [4.69, 9.17) is 0 Å². The Balaban J connectivity index is 0. The van der Waals surface area contributed by atoms with E-state index >= 15 is 0 Å². The predicted octanol–water partition coefficient (Wildman–Crippen LogP) is -1.16. The van der Waals surface area contributed by atoms with Gasteiger partial charge in [0, 0.05) is 0 Å². The molecule has 0 saturated carbocycles. The summed E-state index contributed by atoms with van der Waals surface area (Å²) in [7, 11) is 0. The van der Waals surface area contributed by atoms with Crippen LogP contribution in [0.15, 0.2) is 0 Å². The first-order valence-corrected chi connectivity index (χ1v) is 0. The van der Waals surface area contributed by atoms with Gasteiger partial charge in [0.15, 0.2) is 0 Å². The Hall–Kier alpha value is 1.78. The molecular formula is H3ClMg2O+4. The van der Waals surface area contributed by atoms with E-state index in [1.165, 1.54) is 0 Å². The maximum absolute atomic E-state index is 0. The summed E-state index contributed by atoms with van der Waals surface area (Å²) in [6, 6.07) is 0. The van der Waals surface area contributed by atoms with Crippen LogP contribution in [0.25, 0.3) is 0 Å². The van der Waals surface area contributed by atoms with Crippen LogP contribution in [0.3, 0.4) is 0 Å². The average molecular weight is 103 g/mol. The third-order valence-electron chi connectivity index (χ3n) is 0. The summed E-state index contributed by atoms with van der Waals surface area (Å²) in [5.41, 5.74) is 0. The molecule has 4 heteroatoms. The number of hydrogen-bond donors (Lipinski definition) is 0. The Morgan fingerprint density at radius 2 is 0.750 bits per heavy atom. The van der Waals surface area contributed by atoms with Gasteiger partial charge in [0.05, 0.1) is 0 Å². The molecule has 0 atom stereocenters. The molecule has 0 aromatic rings. The van der Waals surface area contributed by atoms with Crippen molar-refractivity contribution in [2.45, 2.75) is 0 Å². The van der Waals surface area contributed by atoms with Crippen LogP contribution in [0, 0.1) is 0 Å². The Morgan fingerprint density at radius 3 is 0.750 bits per heavy atom. The molecule has 0 fully saturated rings. The first-order chi connectivity index (χ1) is 0. The van der Waals surface area contributed by atoms with Crippen LogP contribution in [-0.4, -0.2) is 51.6 Å². The van der Waals surface area contributed by atoms with Crippen LogP contribution in [0.5, 0.6) is 0 Å². The summed E-state index contributed by atoms with van der Waals surface area (Å²) in [6.07, 6.45) is 0. The first kappa shape index (κ1) is 41.6. The fraction of sp³-hybridized carbons (Fsp3) is 0. The molecule has 0 aliphatic carbocycles. The quantitative estimate of drug-likeness (QED) is 0.346. The predicted molar refractivity (Wildman–Crippen MR) is 22.4 cm³/mol. The van der Waals surface area contributed by atoms with Crippen LogP contribution < -0.4 is 0 Å². The Morgan fingerprint density at radius 1 is 0.750 bits per heavy atom. The minimum absolute atomic E-state index is 0. The summed E-state index contributed by atoms with van der Waals surface area (Å²) >= 11 is 0. The van der Waals surface area contributed by atoms with Gasteiger partial charge in [-0.05, 0) is 0 Å². The fourth-order valence-electron chi connectivity index (χ4n) is 0. The van der Waals surface area contributed by atoms with E-state index in [-0.39, 0.29) is 64.0 Å². The zero-order valence-corrected chi connectivity index (χ0v) is 5.97. The zero-order valence-electron chi connectivity index (χ0n) is 2.32. The molecule has 0 radical (unpaired) electrons. The minimum atomic E-state index is 0. The van der Waals surface area contributed by atoms with Crippen molar-refractivity contribution in [2.24, 2.45) is 0 Å². The summed E-state index contributed by atoms with van der Waals surface area (Å²) < 4.78 is 0. The molecule has 0 heterocycles. The molecule has 0 aromatic carbocycles. The van der Waals surface area contributed by atoms with E-state index in [2.05, 4.69) is 0 Å². The average Bonchev–Trinajstić information content (AvgIpc) is 0. The Labute approximate surface area is 63.5 Å². The van der Waals surface area contributed by atoms with Crippen molar-refractivity contribution in [1.82, 2.24) is 0 Å². The van der Waals surface area contributed by atoms with Crippen LogP contribution in [0.4, 0.5) is 0 Å². The third-order valence-corrected chi connectivity index (χ3v) is 0. The second-order valence-electron chi connectivity index (χ2n) is 0. The summed E-state index contributed by atoms with van der Waals surface area (Å²) in [5.74, 6) is 0. The molecule has 0 unspecified atom stereocenters. The fourth-order valence-corrected chi connectivity index (χ4v) is 0. The summed E-state index contributed by atoms with van der Waals surface area (Å²) in [5, 5.41) is 0. The smallest absolute Gasteiger partial charge is 0.412 e. The van der Waals surface area contributed by atoms with E-state index in [9.17, 15) is 0 Å². The molecule has 0 bridgehead atoms. The van der Waals surface area contributed by atoms with Gasteiger partial charge in [0.25, 0.3) is 0 Å². The van der Waals surface area contributed by atoms with Gasteiger partial charge in [-0.15, -0.1) is 12.4 Å². The van der Waals surface area contributed by atoms with Gasteiger partial charge in [0.1, 0.15) is 0 Å². The van der Waals surface area contributed by atoms with Gasteiger partial charge >= 0.3 is 46.1 Å². The SMILES string of the molecule is Cl.O.[Mg+2].[Mg+2]. The summed E-state index contributed by atoms with van der Waals surface area (Å²) in [6.45, 7) is 0. The number of rotatable bonds is 0. The van der Waals surface area contributed by atoms with Gasteiger partial charge in [-0.1, -0.05) is 0 Å². The maximum Gasteiger partial charge on any atom is 2.00 e. The Kier molecular flexibility index (Phi) is 224. The van der Waals surface area contributed by atoms with Crippen LogP contribution in [-0.2, 0) is 0 Å². The van der Waals surface area contributed by atoms with Crippen molar-refractivity contribution in [3.8, 4) is 0 Å². The van der Waals surface area contributed by atoms with E-state index in [1.807, 2.05) is 0 Å². The van der Waals surface area contributed by atoms with Crippen molar-refractivity contribution < 1.29 is 5.48 Å². The monoisotopic (exact) mass is 102 g/mol. The van der Waals surface area contributed by atoms with Crippen molar-refractivity contribution in [3.63, 3.8) is 0 Å². The van der Waals surface area contributed by atoms with Gasteiger partial charge in [-0.3, -0.25) is 0 Å². The number of halogens is 1. The molecule has 0 saturated heterocycles. The second kappa shape index (κ2) is 21.5. The van der Waals surface area contributed by atoms with Crippen LogP contribution in [0.2, 0.25) is 0 Å². The molecule has 0 rings (SSSR count). The largest absolute Gasteiger partial charge is 2.00 e. The topological polar surface area (TPSA) is 31.5 Å². The molecule has 0 spiro atoms. The van der Waals surface area contributed by atoms with Crippen LogP contribution in [0.1, 0.15) is 0 Å². The van der Waals surface area contributed by atoms with Crippen molar-refractivity contribution >= 4 is 58.5 Å². The second-order valence-corrected chi connectivity index (χ2v) is 0. The van der Waals surface area contributed by atoms with Crippen molar-refractivity contribution in [3.05, 3.63) is 0 Å². The van der Waals surface area contributed by atoms with E-state index in [0.29, 0.717) is 0 Å². The molecule has 16 valence electrons. The third kappa shape index (κ3) is 9.22. The molecule has 1 nitrogen and oxygen atoms in total. The molecule has 0 amide bonds.